The molecule has 1 saturated heterocycles. The van der Waals surface area contributed by atoms with Crippen LogP contribution in [0.2, 0.25) is 0 Å². The summed E-state index contributed by atoms with van der Waals surface area (Å²) in [5.41, 5.74) is -4.27. The summed E-state index contributed by atoms with van der Waals surface area (Å²) in [5.74, 6) is 0. The number of hydrogen-bond acceptors (Lipinski definition) is 5. The Labute approximate surface area is 179 Å². The molecule has 0 bridgehead atoms. The Bertz CT molecular complexity index is 901. The highest BCUT2D eigenvalue weighted by Crippen LogP contribution is 2.39. The van der Waals surface area contributed by atoms with Gasteiger partial charge in [-0.2, -0.15) is 13.2 Å². The number of carbonyl (C=O) groups excluding carboxylic acids is 1. The fourth-order valence-electron chi connectivity index (χ4n) is 2.69. The highest BCUT2D eigenvalue weighted by Gasteiger charge is 2.52. The van der Waals surface area contributed by atoms with Crippen LogP contribution in [0.15, 0.2) is 22.5 Å². The Morgan fingerprint density at radius 2 is 1.74 bits per heavy atom. The van der Waals surface area contributed by atoms with Crippen LogP contribution in [-0.4, -0.2) is 41.5 Å². The molecule has 0 unspecified atom stereocenters. The number of hydrogen-bond donors (Lipinski definition) is 2. The first-order chi connectivity index (χ1) is 13.9. The zero-order valence-electron chi connectivity index (χ0n) is 18.7. The first-order valence-electron chi connectivity index (χ1n) is 9.74. The molecule has 2 heterocycles. The quantitative estimate of drug-likeness (QED) is 0.687. The van der Waals surface area contributed by atoms with Gasteiger partial charge in [-0.15, -0.1) is 0 Å². The third-order valence-electron chi connectivity index (χ3n) is 4.97. The van der Waals surface area contributed by atoms with E-state index in [4.69, 9.17) is 14.0 Å². The molecule has 1 amide bonds. The number of alkyl halides is 3. The van der Waals surface area contributed by atoms with E-state index in [2.05, 4.69) is 10.3 Å². The van der Waals surface area contributed by atoms with E-state index in [1.807, 2.05) is 27.7 Å². The maximum Gasteiger partial charge on any atom is 0.492 e. The van der Waals surface area contributed by atoms with Crippen LogP contribution in [-0.2, 0) is 20.2 Å². The number of nitrogens with one attached hydrogen (secondary N) is 2. The van der Waals surface area contributed by atoms with Crippen LogP contribution < -0.4 is 10.9 Å². The summed E-state index contributed by atoms with van der Waals surface area (Å²) in [6, 6.07) is 0.734. The number of pyridine rings is 1. The van der Waals surface area contributed by atoms with E-state index in [0.717, 1.165) is 12.3 Å². The van der Waals surface area contributed by atoms with Crippen molar-refractivity contribution >= 4 is 19.3 Å². The lowest BCUT2D eigenvalue weighted by Gasteiger charge is -2.32. The molecular formula is C20H28BF3N2O5. The monoisotopic (exact) mass is 444 g/mol. The Balaban J connectivity index is 2.39. The number of aromatic nitrogens is 1. The van der Waals surface area contributed by atoms with Gasteiger partial charge >= 0.3 is 19.4 Å². The van der Waals surface area contributed by atoms with Crippen LogP contribution in [0.4, 0.5) is 18.0 Å². The van der Waals surface area contributed by atoms with Gasteiger partial charge in [0.15, 0.2) is 0 Å². The van der Waals surface area contributed by atoms with Crippen LogP contribution in [0.3, 0.4) is 0 Å². The number of rotatable bonds is 4. The molecule has 2 N–H and O–H groups in total. The Kier molecular flexibility index (Phi) is 6.73. The van der Waals surface area contributed by atoms with Crippen molar-refractivity contribution in [2.45, 2.75) is 71.4 Å². The number of amides is 1. The summed E-state index contributed by atoms with van der Waals surface area (Å²) in [4.78, 5) is 25.7. The molecule has 0 atom stereocenters. The number of alkyl carbamates (subject to hydrolysis) is 1. The minimum atomic E-state index is -4.81. The zero-order valence-corrected chi connectivity index (χ0v) is 18.7. The molecule has 31 heavy (non-hydrogen) atoms. The molecule has 0 saturated carbocycles. The predicted octanol–water partition coefficient (Wildman–Crippen LogP) is 3.93. The zero-order chi connectivity index (χ0) is 23.8. The summed E-state index contributed by atoms with van der Waals surface area (Å²) in [7, 11) is -0.929. The molecule has 0 spiro atoms. The SMILES string of the molecule is CC(C)(C)OC(=O)NCC(=Cc1c[nH]c(=O)c(C(F)(F)F)c1)B1OC(C)(C)C(C)(C)O1. The topological polar surface area (TPSA) is 89.7 Å². The molecule has 0 aliphatic carbocycles. The van der Waals surface area contributed by atoms with Crippen molar-refractivity contribution in [3.05, 3.63) is 39.2 Å². The van der Waals surface area contributed by atoms with Gasteiger partial charge in [-0.25, -0.2) is 4.79 Å². The Morgan fingerprint density at radius 3 is 2.23 bits per heavy atom. The van der Waals surface area contributed by atoms with Crippen molar-refractivity contribution in [2.75, 3.05) is 6.54 Å². The summed E-state index contributed by atoms with van der Waals surface area (Å²) >= 11 is 0. The molecule has 1 aromatic rings. The first kappa shape index (κ1) is 25.0. The van der Waals surface area contributed by atoms with Gasteiger partial charge in [-0.05, 0) is 65.6 Å². The van der Waals surface area contributed by atoms with Gasteiger partial charge in [0, 0.05) is 12.7 Å². The molecule has 0 radical (unpaired) electrons. The van der Waals surface area contributed by atoms with Crippen molar-refractivity contribution in [1.82, 2.24) is 10.3 Å². The highest BCUT2D eigenvalue weighted by atomic mass is 19.4. The smallest absolute Gasteiger partial charge is 0.444 e. The molecule has 172 valence electrons. The third kappa shape index (κ3) is 6.36. The first-order valence-corrected chi connectivity index (χ1v) is 9.74. The van der Waals surface area contributed by atoms with Gasteiger partial charge in [0.05, 0.1) is 11.2 Å². The molecule has 0 aromatic carbocycles. The lowest BCUT2D eigenvalue weighted by molar-refractivity contribution is -0.138. The average molecular weight is 444 g/mol. The van der Waals surface area contributed by atoms with Gasteiger partial charge in [0.2, 0.25) is 0 Å². The van der Waals surface area contributed by atoms with Gasteiger partial charge in [-0.3, -0.25) is 4.79 Å². The molecule has 1 fully saturated rings. The summed E-state index contributed by atoms with van der Waals surface area (Å²) < 4.78 is 56.5. The highest BCUT2D eigenvalue weighted by molar-refractivity contribution is 6.56. The average Bonchev–Trinajstić information content (AvgIpc) is 2.78. The van der Waals surface area contributed by atoms with E-state index in [9.17, 15) is 22.8 Å². The standard InChI is InChI=1S/C20H28BF3N2O5/c1-17(2,3)29-16(28)26-11-13(21-30-18(4,5)19(6,7)31-21)8-12-9-14(20(22,23)24)15(27)25-10-12/h8-10H,11H2,1-7H3,(H,25,27)(H,26,28). The Hall–Kier alpha value is -2.27. The van der Waals surface area contributed by atoms with E-state index in [-0.39, 0.29) is 12.1 Å². The van der Waals surface area contributed by atoms with Gasteiger partial charge in [0.25, 0.3) is 5.56 Å². The van der Waals surface area contributed by atoms with Crippen LogP contribution in [0.1, 0.15) is 59.6 Å². The minimum Gasteiger partial charge on any atom is -0.444 e. The van der Waals surface area contributed by atoms with E-state index in [1.54, 1.807) is 20.8 Å². The molecule has 2 rings (SSSR count). The number of halogens is 3. The number of H-pyrrole nitrogens is 1. The third-order valence-corrected chi connectivity index (χ3v) is 4.97. The minimum absolute atomic E-state index is 0.0719. The second-order valence-electron chi connectivity index (χ2n) is 9.34. The van der Waals surface area contributed by atoms with Crippen molar-refractivity contribution in [2.24, 2.45) is 0 Å². The van der Waals surface area contributed by atoms with Crippen LogP contribution in [0.25, 0.3) is 6.08 Å². The molecule has 7 nitrogen and oxygen atoms in total. The van der Waals surface area contributed by atoms with Gasteiger partial charge < -0.3 is 24.3 Å². The molecular weight excluding hydrogens is 416 g/mol. The van der Waals surface area contributed by atoms with Crippen molar-refractivity contribution in [1.29, 1.82) is 0 Å². The van der Waals surface area contributed by atoms with Crippen molar-refractivity contribution < 1.29 is 32.0 Å². The maximum atomic E-state index is 13.1. The van der Waals surface area contributed by atoms with Gasteiger partial charge in [-0.1, -0.05) is 6.08 Å². The summed E-state index contributed by atoms with van der Waals surface area (Å²) in [6.07, 6.45) is -2.98. The van der Waals surface area contributed by atoms with E-state index < -0.39 is 47.3 Å². The van der Waals surface area contributed by atoms with E-state index >= 15 is 0 Å². The number of aromatic amines is 1. The van der Waals surface area contributed by atoms with Crippen LogP contribution >= 0.6 is 0 Å². The molecule has 1 aliphatic heterocycles. The Morgan fingerprint density at radius 1 is 1.19 bits per heavy atom. The van der Waals surface area contributed by atoms with Crippen molar-refractivity contribution in [3.8, 4) is 0 Å². The molecule has 1 aliphatic rings. The van der Waals surface area contributed by atoms with Crippen molar-refractivity contribution in [3.63, 3.8) is 0 Å². The lowest BCUT2D eigenvalue weighted by Crippen LogP contribution is -2.41. The van der Waals surface area contributed by atoms with E-state index in [1.165, 1.54) is 6.08 Å². The molecule has 1 aromatic heterocycles. The van der Waals surface area contributed by atoms with Gasteiger partial charge in [0.1, 0.15) is 11.2 Å². The van der Waals surface area contributed by atoms with Crippen LogP contribution in [0.5, 0.6) is 0 Å². The second-order valence-corrected chi connectivity index (χ2v) is 9.34. The molecule has 11 heteroatoms. The fraction of sp³-hybridized carbons (Fsp3) is 0.600. The number of carbonyl (C=O) groups is 1. The number of ether oxygens (including phenoxy) is 1. The summed E-state index contributed by atoms with van der Waals surface area (Å²) in [5, 5.41) is 2.56. The normalized spacial score (nSPS) is 18.8. The largest absolute Gasteiger partial charge is 0.492 e. The fourth-order valence-corrected chi connectivity index (χ4v) is 2.69. The maximum absolute atomic E-state index is 13.1. The van der Waals surface area contributed by atoms with Crippen LogP contribution in [0, 0.1) is 0 Å². The predicted molar refractivity (Wildman–Crippen MR) is 110 cm³/mol. The summed E-state index contributed by atoms with van der Waals surface area (Å²) in [6.45, 7) is 12.3. The van der Waals surface area contributed by atoms with E-state index in [0.29, 0.717) is 5.47 Å². The lowest BCUT2D eigenvalue weighted by atomic mass is 9.77. The second kappa shape index (κ2) is 8.35.